The monoisotopic (exact) mass is 493 g/mol. The van der Waals surface area contributed by atoms with Crippen molar-refractivity contribution in [1.29, 1.82) is 0 Å². The third kappa shape index (κ3) is 5.52. The van der Waals surface area contributed by atoms with Crippen molar-refractivity contribution in [3.05, 3.63) is 34.6 Å². The molecule has 0 radical (unpaired) electrons. The first-order chi connectivity index (χ1) is 16.0. The van der Waals surface area contributed by atoms with Crippen LogP contribution >= 0.6 is 0 Å². The first kappa shape index (κ1) is 25.3. The number of Topliss-reactive ketones (excluding diaryl/α,β-unsaturated/α-hetero) is 1. The minimum atomic E-state index is -3.27. The molecular weight excluding hydrogens is 457 g/mol. The highest BCUT2D eigenvalue weighted by atomic mass is 32.2. The Morgan fingerprint density at radius 2 is 1.68 bits per heavy atom. The van der Waals surface area contributed by atoms with Crippen LogP contribution in [0.15, 0.2) is 12.1 Å². The van der Waals surface area contributed by atoms with Gasteiger partial charge in [-0.25, -0.2) is 17.1 Å². The molecule has 0 aromatic heterocycles. The van der Waals surface area contributed by atoms with E-state index in [0.29, 0.717) is 18.7 Å². The molecule has 7 nitrogen and oxygen atoms in total. The number of rotatable bonds is 7. The Labute approximate surface area is 202 Å². The van der Waals surface area contributed by atoms with Crippen molar-refractivity contribution in [2.24, 2.45) is 11.8 Å². The van der Waals surface area contributed by atoms with Crippen LogP contribution in [0.4, 0.5) is 4.39 Å². The van der Waals surface area contributed by atoms with Crippen LogP contribution in [-0.4, -0.2) is 79.2 Å². The number of hydrogen-bond donors (Lipinski definition) is 0. The van der Waals surface area contributed by atoms with Crippen molar-refractivity contribution >= 4 is 21.7 Å². The van der Waals surface area contributed by atoms with E-state index in [1.54, 1.807) is 6.07 Å². The molecule has 188 valence electrons. The van der Waals surface area contributed by atoms with Gasteiger partial charge < -0.3 is 4.90 Å². The minimum Gasteiger partial charge on any atom is -0.337 e. The molecule has 1 amide bonds. The van der Waals surface area contributed by atoms with Gasteiger partial charge in [-0.05, 0) is 55.5 Å². The summed E-state index contributed by atoms with van der Waals surface area (Å²) >= 11 is 0. The molecule has 0 bridgehead atoms. The van der Waals surface area contributed by atoms with E-state index in [4.69, 9.17) is 0 Å². The molecule has 1 aromatic rings. The Kier molecular flexibility index (Phi) is 7.45. The van der Waals surface area contributed by atoms with E-state index in [0.717, 1.165) is 56.2 Å². The first-order valence-electron chi connectivity index (χ1n) is 12.3. The molecule has 1 saturated carbocycles. The maximum atomic E-state index is 14.5. The number of amides is 1. The predicted octanol–water partition coefficient (Wildman–Crippen LogP) is 2.36. The molecule has 4 rings (SSSR count). The predicted molar refractivity (Wildman–Crippen MR) is 128 cm³/mol. The van der Waals surface area contributed by atoms with Crippen molar-refractivity contribution in [3.63, 3.8) is 0 Å². The fraction of sp³-hybridized carbons (Fsp3) is 0.680. The summed E-state index contributed by atoms with van der Waals surface area (Å²) in [7, 11) is -3.27. The van der Waals surface area contributed by atoms with Crippen LogP contribution < -0.4 is 0 Å². The number of benzene rings is 1. The molecule has 9 heteroatoms. The third-order valence-corrected chi connectivity index (χ3v) is 9.05. The van der Waals surface area contributed by atoms with E-state index in [-0.39, 0.29) is 54.9 Å². The molecular formula is C25H36FN3O4S. The van der Waals surface area contributed by atoms with Gasteiger partial charge in [0.05, 0.1) is 6.26 Å². The lowest BCUT2D eigenvalue weighted by Crippen LogP contribution is -2.54. The summed E-state index contributed by atoms with van der Waals surface area (Å²) in [6.07, 6.45) is 5.54. The summed E-state index contributed by atoms with van der Waals surface area (Å²) in [6.45, 7) is 7.18. The molecule has 2 aliphatic heterocycles. The van der Waals surface area contributed by atoms with Crippen LogP contribution in [0.25, 0.3) is 0 Å². The lowest BCUT2D eigenvalue weighted by Gasteiger charge is -2.41. The second-order valence-corrected chi connectivity index (χ2v) is 12.3. The van der Waals surface area contributed by atoms with Crippen molar-refractivity contribution < 1.29 is 22.4 Å². The van der Waals surface area contributed by atoms with Crippen molar-refractivity contribution in [3.8, 4) is 0 Å². The maximum absolute atomic E-state index is 14.5. The van der Waals surface area contributed by atoms with Crippen LogP contribution in [0.1, 0.15) is 49.3 Å². The zero-order valence-corrected chi connectivity index (χ0v) is 21.2. The SMILES string of the molecule is Cc1c(CC(=O)C2CN(S(C)(=O)=O)C2)cc(F)cc1CN1CCN(C(=O)C2CCCC2)[C@@H](C)C1. The summed E-state index contributed by atoms with van der Waals surface area (Å²) in [5.74, 6) is -0.269. The highest BCUT2D eigenvalue weighted by molar-refractivity contribution is 7.88. The van der Waals surface area contributed by atoms with Gasteiger partial charge in [0, 0.05) is 63.6 Å². The van der Waals surface area contributed by atoms with Gasteiger partial charge in [-0.2, -0.15) is 0 Å². The smallest absolute Gasteiger partial charge is 0.226 e. The Balaban J connectivity index is 1.37. The third-order valence-electron chi connectivity index (χ3n) is 7.82. The topological polar surface area (TPSA) is 78.0 Å². The number of halogens is 1. The molecule has 0 spiro atoms. The van der Waals surface area contributed by atoms with Crippen LogP contribution in [-0.2, 0) is 32.6 Å². The second kappa shape index (κ2) is 10.0. The maximum Gasteiger partial charge on any atom is 0.226 e. The molecule has 3 fully saturated rings. The lowest BCUT2D eigenvalue weighted by atomic mass is 9.90. The van der Waals surface area contributed by atoms with Crippen molar-refractivity contribution in [1.82, 2.24) is 14.1 Å². The van der Waals surface area contributed by atoms with Crippen LogP contribution in [0, 0.1) is 24.6 Å². The average molecular weight is 494 g/mol. The number of ketones is 1. The quantitative estimate of drug-likeness (QED) is 0.583. The van der Waals surface area contributed by atoms with E-state index in [2.05, 4.69) is 11.8 Å². The summed E-state index contributed by atoms with van der Waals surface area (Å²) in [5.41, 5.74) is 2.43. The van der Waals surface area contributed by atoms with Crippen LogP contribution in [0.2, 0.25) is 0 Å². The van der Waals surface area contributed by atoms with Crippen LogP contribution in [0.3, 0.4) is 0 Å². The van der Waals surface area contributed by atoms with Crippen molar-refractivity contribution in [2.45, 2.75) is 58.5 Å². The van der Waals surface area contributed by atoms with Gasteiger partial charge in [-0.15, -0.1) is 0 Å². The van der Waals surface area contributed by atoms with E-state index >= 15 is 0 Å². The summed E-state index contributed by atoms with van der Waals surface area (Å²) in [6, 6.07) is 3.08. The number of carbonyl (C=O) groups is 2. The fourth-order valence-electron chi connectivity index (χ4n) is 5.54. The lowest BCUT2D eigenvalue weighted by molar-refractivity contribution is -0.140. The second-order valence-electron chi connectivity index (χ2n) is 10.4. The van der Waals surface area contributed by atoms with Crippen LogP contribution in [0.5, 0.6) is 0 Å². The normalized spacial score (nSPS) is 23.3. The first-order valence-corrected chi connectivity index (χ1v) is 14.2. The Morgan fingerprint density at radius 3 is 2.29 bits per heavy atom. The van der Waals surface area contributed by atoms with Gasteiger partial charge in [0.15, 0.2) is 0 Å². The fourth-order valence-corrected chi connectivity index (χ4v) is 6.44. The zero-order valence-electron chi connectivity index (χ0n) is 20.4. The van der Waals surface area contributed by atoms with Gasteiger partial charge >= 0.3 is 0 Å². The van der Waals surface area contributed by atoms with Gasteiger partial charge in [0.1, 0.15) is 11.6 Å². The number of piperazine rings is 1. The average Bonchev–Trinajstić information content (AvgIpc) is 3.24. The summed E-state index contributed by atoms with van der Waals surface area (Å²) < 4.78 is 38.9. The Morgan fingerprint density at radius 1 is 1.03 bits per heavy atom. The summed E-state index contributed by atoms with van der Waals surface area (Å²) in [5, 5.41) is 0. The molecule has 2 saturated heterocycles. The number of sulfonamides is 1. The molecule has 3 aliphatic rings. The number of carbonyl (C=O) groups excluding carboxylic acids is 2. The molecule has 34 heavy (non-hydrogen) atoms. The minimum absolute atomic E-state index is 0.0489. The van der Waals surface area contributed by atoms with Gasteiger partial charge in [-0.1, -0.05) is 12.8 Å². The Hall–Kier alpha value is -1.84. The molecule has 0 N–H and O–H groups in total. The molecule has 1 aromatic carbocycles. The largest absolute Gasteiger partial charge is 0.337 e. The Bertz CT molecular complexity index is 1050. The molecule has 1 atom stereocenters. The number of nitrogens with zero attached hydrogens (tertiary/aromatic N) is 3. The number of hydrogen-bond acceptors (Lipinski definition) is 5. The zero-order chi connectivity index (χ0) is 24.6. The van der Waals surface area contributed by atoms with E-state index in [9.17, 15) is 22.4 Å². The highest BCUT2D eigenvalue weighted by Crippen LogP contribution is 2.29. The van der Waals surface area contributed by atoms with Gasteiger partial charge in [0.2, 0.25) is 15.9 Å². The van der Waals surface area contributed by atoms with E-state index in [1.165, 1.54) is 10.4 Å². The van der Waals surface area contributed by atoms with Gasteiger partial charge in [-0.3, -0.25) is 14.5 Å². The standard InChI is InChI=1S/C25H36FN3O4S/c1-17-13-27(8-9-29(17)25(31)19-6-4-5-7-19)14-21-11-23(26)10-20(18(21)2)12-24(30)22-15-28(16-22)34(3,32)33/h10-11,17,19,22H,4-9,12-16H2,1-3H3/t17-/m0/s1. The van der Waals surface area contributed by atoms with E-state index in [1.807, 2.05) is 11.8 Å². The molecule has 2 heterocycles. The van der Waals surface area contributed by atoms with Gasteiger partial charge in [0.25, 0.3) is 0 Å². The molecule has 0 unspecified atom stereocenters. The van der Waals surface area contributed by atoms with Crippen molar-refractivity contribution in [2.75, 3.05) is 39.0 Å². The summed E-state index contributed by atoms with van der Waals surface area (Å²) in [4.78, 5) is 29.8. The highest BCUT2D eigenvalue weighted by Gasteiger charge is 2.37. The molecule has 1 aliphatic carbocycles. The van der Waals surface area contributed by atoms with E-state index < -0.39 is 10.0 Å².